The van der Waals surface area contributed by atoms with Crippen molar-refractivity contribution >= 4 is 11.8 Å². The van der Waals surface area contributed by atoms with E-state index in [1.54, 1.807) is 18.2 Å². The Morgan fingerprint density at radius 1 is 1.31 bits per heavy atom. The smallest absolute Gasteiger partial charge is 0.335 e. The van der Waals surface area contributed by atoms with E-state index in [1.165, 1.54) is 6.07 Å². The van der Waals surface area contributed by atoms with Gasteiger partial charge in [0.25, 0.3) is 0 Å². The van der Waals surface area contributed by atoms with E-state index in [0.717, 1.165) is 0 Å². The quantitative estimate of drug-likeness (QED) is 0.730. The topological polar surface area (TPSA) is 89.6 Å². The molecular formula is C11H15NO4. The van der Waals surface area contributed by atoms with Gasteiger partial charge < -0.3 is 5.11 Å². The van der Waals surface area contributed by atoms with Crippen LogP contribution in [-0.2, 0) is 16.1 Å². The first-order chi connectivity index (χ1) is 7.15. The summed E-state index contributed by atoms with van der Waals surface area (Å²) in [6.45, 7) is -0.214. The molecular weight excluding hydrogens is 210 g/mol. The Balaban J connectivity index is 0.00000225. The fourth-order valence-electron chi connectivity index (χ4n) is 1.24. The number of benzene rings is 1. The number of hydrogen-bond acceptors (Lipinski definition) is 4. The molecule has 0 amide bonds. The molecule has 0 saturated carbocycles. The van der Waals surface area contributed by atoms with Crippen LogP contribution in [0, 0.1) is 0 Å². The molecule has 0 aliphatic carbocycles. The van der Waals surface area contributed by atoms with Crippen molar-refractivity contribution in [2.24, 2.45) is 5.90 Å². The van der Waals surface area contributed by atoms with E-state index >= 15 is 0 Å². The highest BCUT2D eigenvalue weighted by Gasteiger charge is 2.12. The van der Waals surface area contributed by atoms with Crippen LogP contribution in [0.1, 0.15) is 23.3 Å². The molecule has 0 fully saturated rings. The molecule has 0 bridgehead atoms. The Morgan fingerprint density at radius 3 is 2.50 bits per heavy atom. The molecule has 1 aromatic carbocycles. The van der Waals surface area contributed by atoms with Crippen LogP contribution in [0.25, 0.3) is 0 Å². The summed E-state index contributed by atoms with van der Waals surface area (Å²) in [5, 5.41) is 8.84. The second kappa shape index (κ2) is 6.71. The Hall–Kier alpha value is -1.72. The number of ketones is 1. The average molecular weight is 225 g/mol. The highest BCUT2D eigenvalue weighted by molar-refractivity contribution is 5.92. The molecule has 1 aromatic rings. The predicted octanol–water partition coefficient (Wildman–Crippen LogP) is 1.02. The first-order valence-corrected chi connectivity index (χ1v) is 4.29. The van der Waals surface area contributed by atoms with E-state index in [1.807, 2.05) is 0 Å². The largest absolute Gasteiger partial charge is 0.478 e. The number of hydrogen-bond donors (Lipinski definition) is 2. The lowest BCUT2D eigenvalue weighted by Crippen LogP contribution is -2.16. The Morgan fingerprint density at radius 2 is 1.94 bits per heavy atom. The Kier molecular flexibility index (Phi) is 5.99. The highest BCUT2D eigenvalue weighted by atomic mass is 16.6. The molecule has 88 valence electrons. The lowest BCUT2D eigenvalue weighted by molar-refractivity contribution is -0.123. The summed E-state index contributed by atoms with van der Waals surface area (Å²) in [5.74, 6) is 3.44. The minimum Gasteiger partial charge on any atom is -0.478 e. The monoisotopic (exact) mass is 225 g/mol. The molecule has 0 atom stereocenters. The van der Waals surface area contributed by atoms with Gasteiger partial charge in [0.1, 0.15) is 6.61 Å². The summed E-state index contributed by atoms with van der Waals surface area (Å²) in [6.07, 6.45) is 0.0136. The molecule has 5 heteroatoms. The third-order valence-electron chi connectivity index (χ3n) is 1.88. The number of carboxylic acid groups (broad SMARTS) is 1. The zero-order valence-electron chi connectivity index (χ0n) is 7.97. The molecule has 0 spiro atoms. The average Bonchev–Trinajstić information content (AvgIpc) is 2.18. The van der Waals surface area contributed by atoms with Crippen LogP contribution in [0.3, 0.4) is 0 Å². The summed E-state index contributed by atoms with van der Waals surface area (Å²) < 4.78 is 0. The Labute approximate surface area is 93.8 Å². The molecule has 1 rings (SSSR count). The Bertz CT molecular complexity index is 376. The summed E-state index contributed by atoms with van der Waals surface area (Å²) >= 11 is 0. The highest BCUT2D eigenvalue weighted by Crippen LogP contribution is 2.09. The maximum absolute atomic E-state index is 11.2. The van der Waals surface area contributed by atoms with Gasteiger partial charge in [-0.15, -0.1) is 0 Å². The molecule has 0 aliphatic rings. The molecule has 0 unspecified atom stereocenters. The van der Waals surface area contributed by atoms with E-state index in [0.29, 0.717) is 5.56 Å². The number of carboxylic acids is 1. The van der Waals surface area contributed by atoms with Gasteiger partial charge in [-0.1, -0.05) is 25.6 Å². The normalized spacial score (nSPS) is 9.31. The van der Waals surface area contributed by atoms with Crippen LogP contribution in [0.2, 0.25) is 0 Å². The molecule has 0 saturated heterocycles. The van der Waals surface area contributed by atoms with Gasteiger partial charge in [0.2, 0.25) is 0 Å². The van der Waals surface area contributed by atoms with Gasteiger partial charge in [-0.3, -0.25) is 9.63 Å². The second-order valence-electron chi connectivity index (χ2n) is 2.99. The number of carbonyl (C=O) groups excluding carboxylic acids is 1. The van der Waals surface area contributed by atoms with E-state index in [-0.39, 0.29) is 31.8 Å². The summed E-state index contributed by atoms with van der Waals surface area (Å²) in [6, 6.07) is 6.33. The van der Waals surface area contributed by atoms with E-state index in [4.69, 9.17) is 11.0 Å². The molecule has 5 nitrogen and oxygen atoms in total. The number of aromatic carboxylic acids is 1. The lowest BCUT2D eigenvalue weighted by atomic mass is 10.0. The number of nitrogens with two attached hydrogens (primary N) is 1. The first-order valence-electron chi connectivity index (χ1n) is 4.29. The van der Waals surface area contributed by atoms with Crippen LogP contribution in [0.15, 0.2) is 24.3 Å². The van der Waals surface area contributed by atoms with E-state index < -0.39 is 5.97 Å². The molecule has 0 aromatic heterocycles. The minimum atomic E-state index is -1.05. The summed E-state index contributed by atoms with van der Waals surface area (Å²) in [5.41, 5.74) is 0.593. The van der Waals surface area contributed by atoms with Crippen molar-refractivity contribution in [2.45, 2.75) is 13.8 Å². The number of rotatable bonds is 5. The minimum absolute atomic E-state index is 0. The summed E-state index contributed by atoms with van der Waals surface area (Å²) in [7, 11) is 0. The fraction of sp³-hybridized carbons (Fsp3) is 0.273. The number of Topliss-reactive ketones (excluding diaryl/α,β-unsaturated/α-hetero) is 1. The van der Waals surface area contributed by atoms with Crippen molar-refractivity contribution in [1.82, 2.24) is 0 Å². The van der Waals surface area contributed by atoms with Crippen LogP contribution in [0.4, 0.5) is 0 Å². The van der Waals surface area contributed by atoms with Gasteiger partial charge in [-0.05, 0) is 11.6 Å². The van der Waals surface area contributed by atoms with Gasteiger partial charge in [-0.2, -0.15) is 0 Å². The van der Waals surface area contributed by atoms with Crippen LogP contribution < -0.4 is 5.90 Å². The maximum Gasteiger partial charge on any atom is 0.335 e. The van der Waals surface area contributed by atoms with Crippen molar-refractivity contribution < 1.29 is 19.5 Å². The van der Waals surface area contributed by atoms with Crippen molar-refractivity contribution in [2.75, 3.05) is 6.61 Å². The van der Waals surface area contributed by atoms with Crippen LogP contribution >= 0.6 is 0 Å². The van der Waals surface area contributed by atoms with Gasteiger partial charge >= 0.3 is 5.97 Å². The molecule has 0 radical (unpaired) electrons. The zero-order chi connectivity index (χ0) is 11.3. The third kappa shape index (κ3) is 3.80. The zero-order valence-corrected chi connectivity index (χ0v) is 7.97. The van der Waals surface area contributed by atoms with E-state index in [2.05, 4.69) is 4.84 Å². The first kappa shape index (κ1) is 14.3. The van der Waals surface area contributed by atoms with Gasteiger partial charge in [-0.25, -0.2) is 10.7 Å². The standard InChI is InChI=1S/C10H11NO4.CH4/c11-15-6-8(12)5-7-3-1-2-4-9(7)10(13)14;/h1-4H,5-6,11H2,(H,13,14);1H4. The summed E-state index contributed by atoms with van der Waals surface area (Å²) in [4.78, 5) is 26.2. The van der Waals surface area contributed by atoms with Crippen molar-refractivity contribution in [3.8, 4) is 0 Å². The third-order valence-corrected chi connectivity index (χ3v) is 1.88. The van der Waals surface area contributed by atoms with E-state index in [9.17, 15) is 9.59 Å². The molecule has 3 N–H and O–H groups in total. The van der Waals surface area contributed by atoms with Gasteiger partial charge in [0.15, 0.2) is 5.78 Å². The fourth-order valence-corrected chi connectivity index (χ4v) is 1.24. The van der Waals surface area contributed by atoms with Gasteiger partial charge in [0, 0.05) is 6.42 Å². The van der Waals surface area contributed by atoms with Crippen molar-refractivity contribution in [1.29, 1.82) is 0 Å². The molecule has 0 aliphatic heterocycles. The van der Waals surface area contributed by atoms with Crippen LogP contribution in [-0.4, -0.2) is 23.5 Å². The van der Waals surface area contributed by atoms with Gasteiger partial charge in [0.05, 0.1) is 5.56 Å². The molecule has 0 heterocycles. The molecule has 16 heavy (non-hydrogen) atoms. The van der Waals surface area contributed by atoms with Crippen LogP contribution in [0.5, 0.6) is 0 Å². The second-order valence-corrected chi connectivity index (χ2v) is 2.99. The predicted molar refractivity (Wildman–Crippen MR) is 59.0 cm³/mol. The van der Waals surface area contributed by atoms with Crippen molar-refractivity contribution in [3.05, 3.63) is 35.4 Å². The SMILES string of the molecule is C.NOCC(=O)Cc1ccccc1C(=O)O. The number of carbonyl (C=O) groups is 2. The van der Waals surface area contributed by atoms with Crippen molar-refractivity contribution in [3.63, 3.8) is 0 Å². The maximum atomic E-state index is 11.2. The lowest BCUT2D eigenvalue weighted by Gasteiger charge is -2.04.